The fourth-order valence-corrected chi connectivity index (χ4v) is 1.05. The molecule has 0 bridgehead atoms. The molecule has 0 aromatic rings. The summed E-state index contributed by atoms with van der Waals surface area (Å²) in [7, 11) is 0. The van der Waals surface area contributed by atoms with Crippen LogP contribution in [0.2, 0.25) is 0 Å². The molecular weight excluding hydrogens is 197 g/mol. The Morgan fingerprint density at radius 2 is 1.93 bits per heavy atom. The minimum absolute atomic E-state index is 0.0202. The fourth-order valence-electron chi connectivity index (χ4n) is 1.05. The van der Waals surface area contributed by atoms with Crippen LogP contribution in [0.3, 0.4) is 0 Å². The summed E-state index contributed by atoms with van der Waals surface area (Å²) >= 11 is 0. The summed E-state index contributed by atoms with van der Waals surface area (Å²) < 4.78 is 39.3. The van der Waals surface area contributed by atoms with Crippen LogP contribution in [-0.2, 0) is 4.74 Å². The maximum atomic E-state index is 11.6. The lowest BCUT2D eigenvalue weighted by Gasteiger charge is -2.17. The SMILES string of the molecule is CCC(O)C(C)CCOCC(F)(F)F. The van der Waals surface area contributed by atoms with Gasteiger partial charge in [-0.2, -0.15) is 13.2 Å². The predicted molar refractivity (Wildman–Crippen MR) is 47.0 cm³/mol. The number of ether oxygens (including phenoxy) is 1. The molecule has 0 aliphatic rings. The molecule has 0 aliphatic carbocycles. The molecule has 1 N–H and O–H groups in total. The molecule has 2 nitrogen and oxygen atoms in total. The summed E-state index contributed by atoms with van der Waals surface area (Å²) in [6, 6.07) is 0. The van der Waals surface area contributed by atoms with E-state index in [1.807, 2.05) is 6.92 Å². The number of aliphatic hydroxyl groups is 1. The van der Waals surface area contributed by atoms with Gasteiger partial charge in [-0.3, -0.25) is 0 Å². The molecule has 14 heavy (non-hydrogen) atoms. The first kappa shape index (κ1) is 13.7. The van der Waals surface area contributed by atoms with Gasteiger partial charge in [-0.25, -0.2) is 0 Å². The minimum Gasteiger partial charge on any atom is -0.393 e. The normalized spacial score (nSPS) is 16.7. The number of halogens is 3. The zero-order valence-electron chi connectivity index (χ0n) is 8.47. The van der Waals surface area contributed by atoms with Gasteiger partial charge < -0.3 is 9.84 Å². The summed E-state index contributed by atoms with van der Waals surface area (Å²) in [5.74, 6) is -0.0202. The van der Waals surface area contributed by atoms with Gasteiger partial charge in [0.1, 0.15) is 6.61 Å². The molecule has 0 aliphatic heterocycles. The molecule has 0 saturated heterocycles. The number of hydrogen-bond donors (Lipinski definition) is 1. The maximum absolute atomic E-state index is 11.6. The van der Waals surface area contributed by atoms with Crippen molar-refractivity contribution in [3.63, 3.8) is 0 Å². The van der Waals surface area contributed by atoms with Crippen molar-refractivity contribution in [1.82, 2.24) is 0 Å². The van der Waals surface area contributed by atoms with Gasteiger partial charge in [-0.1, -0.05) is 13.8 Å². The molecule has 0 fully saturated rings. The third-order valence-corrected chi connectivity index (χ3v) is 2.06. The van der Waals surface area contributed by atoms with E-state index in [0.29, 0.717) is 12.8 Å². The summed E-state index contributed by atoms with van der Waals surface area (Å²) in [5, 5.41) is 9.31. The minimum atomic E-state index is -4.26. The highest BCUT2D eigenvalue weighted by Gasteiger charge is 2.27. The van der Waals surface area contributed by atoms with E-state index >= 15 is 0 Å². The van der Waals surface area contributed by atoms with E-state index in [1.54, 1.807) is 6.92 Å². The van der Waals surface area contributed by atoms with Crippen molar-refractivity contribution < 1.29 is 23.0 Å². The smallest absolute Gasteiger partial charge is 0.393 e. The van der Waals surface area contributed by atoms with E-state index in [4.69, 9.17) is 0 Å². The highest BCUT2D eigenvalue weighted by atomic mass is 19.4. The van der Waals surface area contributed by atoms with E-state index in [9.17, 15) is 18.3 Å². The fraction of sp³-hybridized carbons (Fsp3) is 1.00. The standard InChI is InChI=1S/C9H17F3O2/c1-3-8(13)7(2)4-5-14-6-9(10,11)12/h7-8,13H,3-6H2,1-2H3. The number of alkyl halides is 3. The zero-order valence-corrected chi connectivity index (χ0v) is 8.47. The van der Waals surface area contributed by atoms with E-state index in [0.717, 1.165) is 0 Å². The summed E-state index contributed by atoms with van der Waals surface area (Å²) in [5.41, 5.74) is 0. The topological polar surface area (TPSA) is 29.5 Å². The van der Waals surface area contributed by atoms with Crippen molar-refractivity contribution in [2.75, 3.05) is 13.2 Å². The Bertz CT molecular complexity index is 147. The van der Waals surface area contributed by atoms with Crippen molar-refractivity contribution in [3.05, 3.63) is 0 Å². The van der Waals surface area contributed by atoms with Gasteiger partial charge in [0.15, 0.2) is 0 Å². The van der Waals surface area contributed by atoms with Crippen LogP contribution in [0.5, 0.6) is 0 Å². The Hall–Kier alpha value is -0.290. The van der Waals surface area contributed by atoms with Crippen LogP contribution in [0.25, 0.3) is 0 Å². The molecule has 0 saturated carbocycles. The Morgan fingerprint density at radius 3 is 2.36 bits per heavy atom. The number of aliphatic hydroxyl groups excluding tert-OH is 1. The van der Waals surface area contributed by atoms with Crippen LogP contribution in [-0.4, -0.2) is 30.6 Å². The average Bonchev–Trinajstić information content (AvgIpc) is 2.09. The number of rotatable bonds is 6. The van der Waals surface area contributed by atoms with E-state index in [-0.39, 0.29) is 12.5 Å². The molecule has 86 valence electrons. The monoisotopic (exact) mass is 214 g/mol. The molecule has 0 spiro atoms. The Kier molecular flexibility index (Phi) is 6.11. The van der Waals surface area contributed by atoms with Crippen molar-refractivity contribution >= 4 is 0 Å². The van der Waals surface area contributed by atoms with Gasteiger partial charge in [0.05, 0.1) is 6.10 Å². The first-order chi connectivity index (χ1) is 6.37. The van der Waals surface area contributed by atoms with Gasteiger partial charge in [-0.05, 0) is 18.8 Å². The second-order valence-electron chi connectivity index (χ2n) is 3.41. The van der Waals surface area contributed by atoms with Crippen molar-refractivity contribution in [2.45, 2.75) is 39.0 Å². The second kappa shape index (κ2) is 6.24. The molecule has 0 amide bonds. The zero-order chi connectivity index (χ0) is 11.2. The lowest BCUT2D eigenvalue weighted by atomic mass is 10.00. The van der Waals surface area contributed by atoms with Crippen molar-refractivity contribution in [2.24, 2.45) is 5.92 Å². The number of hydrogen-bond acceptors (Lipinski definition) is 2. The average molecular weight is 214 g/mol. The summed E-state index contributed by atoms with van der Waals surface area (Å²) in [4.78, 5) is 0. The Labute approximate surface area is 82.1 Å². The van der Waals surface area contributed by atoms with Crippen LogP contribution in [0.1, 0.15) is 26.7 Å². The largest absolute Gasteiger partial charge is 0.411 e. The van der Waals surface area contributed by atoms with Crippen molar-refractivity contribution in [3.8, 4) is 0 Å². The molecule has 2 atom stereocenters. The molecule has 2 unspecified atom stereocenters. The highest BCUT2D eigenvalue weighted by molar-refractivity contribution is 4.62. The summed E-state index contributed by atoms with van der Waals surface area (Å²) in [6.45, 7) is 2.46. The van der Waals surface area contributed by atoms with Gasteiger partial charge in [0, 0.05) is 6.61 Å². The van der Waals surface area contributed by atoms with Crippen LogP contribution < -0.4 is 0 Å². The Balaban J connectivity index is 3.45. The van der Waals surface area contributed by atoms with Gasteiger partial charge in [0.25, 0.3) is 0 Å². The third-order valence-electron chi connectivity index (χ3n) is 2.06. The van der Waals surface area contributed by atoms with Gasteiger partial charge in [0.2, 0.25) is 0 Å². The lowest BCUT2D eigenvalue weighted by molar-refractivity contribution is -0.174. The second-order valence-corrected chi connectivity index (χ2v) is 3.41. The molecule has 5 heteroatoms. The quantitative estimate of drug-likeness (QED) is 0.688. The van der Waals surface area contributed by atoms with E-state index in [2.05, 4.69) is 4.74 Å². The molecular formula is C9H17F3O2. The van der Waals surface area contributed by atoms with Gasteiger partial charge >= 0.3 is 6.18 Å². The predicted octanol–water partition coefficient (Wildman–Crippen LogP) is 2.36. The van der Waals surface area contributed by atoms with Crippen LogP contribution in [0.4, 0.5) is 13.2 Å². The molecule has 0 aromatic heterocycles. The van der Waals surface area contributed by atoms with Crippen molar-refractivity contribution in [1.29, 1.82) is 0 Å². The highest BCUT2D eigenvalue weighted by Crippen LogP contribution is 2.16. The van der Waals surface area contributed by atoms with E-state index < -0.39 is 18.9 Å². The first-order valence-corrected chi connectivity index (χ1v) is 4.69. The van der Waals surface area contributed by atoms with Crippen LogP contribution in [0, 0.1) is 5.92 Å². The Morgan fingerprint density at radius 1 is 1.36 bits per heavy atom. The van der Waals surface area contributed by atoms with Gasteiger partial charge in [-0.15, -0.1) is 0 Å². The molecule has 0 heterocycles. The summed E-state index contributed by atoms with van der Waals surface area (Å²) in [6.07, 6.45) is -3.65. The first-order valence-electron chi connectivity index (χ1n) is 4.69. The van der Waals surface area contributed by atoms with E-state index in [1.165, 1.54) is 0 Å². The molecule has 0 radical (unpaired) electrons. The molecule has 0 rings (SSSR count). The molecule has 0 aromatic carbocycles. The van der Waals surface area contributed by atoms with Crippen LogP contribution >= 0.6 is 0 Å². The van der Waals surface area contributed by atoms with Crippen LogP contribution in [0.15, 0.2) is 0 Å². The third kappa shape index (κ3) is 7.15. The maximum Gasteiger partial charge on any atom is 0.411 e. The lowest BCUT2D eigenvalue weighted by Crippen LogP contribution is -2.21.